The first kappa shape index (κ1) is 13.3. The Kier molecular flexibility index (Phi) is 4.08. The van der Waals surface area contributed by atoms with Gasteiger partial charge in [-0.2, -0.15) is 0 Å². The molecule has 0 aliphatic rings. The van der Waals surface area contributed by atoms with E-state index in [9.17, 15) is 8.78 Å². The van der Waals surface area contributed by atoms with E-state index in [0.29, 0.717) is 13.7 Å². The lowest BCUT2D eigenvalue weighted by Crippen LogP contribution is -1.99. The predicted molar refractivity (Wildman–Crippen MR) is 71.1 cm³/mol. The van der Waals surface area contributed by atoms with Crippen molar-refractivity contribution in [3.05, 3.63) is 55.1 Å². The topological polar surface area (TPSA) is 0 Å². The van der Waals surface area contributed by atoms with Gasteiger partial charge in [-0.3, -0.25) is 0 Å². The van der Waals surface area contributed by atoms with Gasteiger partial charge in [0.25, 0.3) is 0 Å². The van der Waals surface area contributed by atoms with Crippen LogP contribution in [0.15, 0.2) is 28.7 Å². The van der Waals surface area contributed by atoms with Crippen LogP contribution in [0, 0.1) is 11.6 Å². The van der Waals surface area contributed by atoms with Gasteiger partial charge in [-0.05, 0) is 24.3 Å². The third kappa shape index (κ3) is 2.81. The van der Waals surface area contributed by atoms with Crippen LogP contribution in [0.25, 0.3) is 0 Å². The standard InChI is InChI=1S/C11H5BrCl2F2S/c12-5-3-6(15)10(7(16)4-5)11(14)8-1-2-9(13)17-8/h1-4,11H. The third-order valence-electron chi connectivity index (χ3n) is 2.14. The van der Waals surface area contributed by atoms with Crippen molar-refractivity contribution in [2.45, 2.75) is 5.38 Å². The van der Waals surface area contributed by atoms with Gasteiger partial charge in [0.05, 0.1) is 9.71 Å². The fraction of sp³-hybridized carbons (Fsp3) is 0.0909. The van der Waals surface area contributed by atoms with E-state index in [0.717, 1.165) is 0 Å². The number of thiophene rings is 1. The molecule has 1 aromatic heterocycles. The van der Waals surface area contributed by atoms with E-state index in [2.05, 4.69) is 15.9 Å². The lowest BCUT2D eigenvalue weighted by atomic mass is 10.1. The van der Waals surface area contributed by atoms with E-state index >= 15 is 0 Å². The van der Waals surface area contributed by atoms with Gasteiger partial charge in [-0.25, -0.2) is 8.78 Å². The van der Waals surface area contributed by atoms with Crippen LogP contribution in [0.2, 0.25) is 4.34 Å². The number of alkyl halides is 1. The van der Waals surface area contributed by atoms with Crippen molar-refractivity contribution in [2.24, 2.45) is 0 Å². The smallest absolute Gasteiger partial charge is 0.132 e. The number of hydrogen-bond donors (Lipinski definition) is 0. The molecule has 0 radical (unpaired) electrons. The molecule has 0 aliphatic carbocycles. The molecule has 0 amide bonds. The Morgan fingerprint density at radius 1 is 1.18 bits per heavy atom. The van der Waals surface area contributed by atoms with Crippen molar-refractivity contribution < 1.29 is 8.78 Å². The van der Waals surface area contributed by atoms with Gasteiger partial charge >= 0.3 is 0 Å². The Balaban J connectivity index is 2.47. The lowest BCUT2D eigenvalue weighted by molar-refractivity contribution is 0.558. The molecule has 0 saturated heterocycles. The normalized spacial score (nSPS) is 12.8. The van der Waals surface area contributed by atoms with Crippen molar-refractivity contribution in [2.75, 3.05) is 0 Å². The summed E-state index contributed by atoms with van der Waals surface area (Å²) >= 11 is 16.0. The highest BCUT2D eigenvalue weighted by atomic mass is 79.9. The van der Waals surface area contributed by atoms with Crippen molar-refractivity contribution in [3.63, 3.8) is 0 Å². The number of rotatable bonds is 2. The van der Waals surface area contributed by atoms with Gasteiger partial charge in [0, 0.05) is 14.9 Å². The van der Waals surface area contributed by atoms with Crippen molar-refractivity contribution in [1.29, 1.82) is 0 Å². The minimum atomic E-state index is -0.874. The summed E-state index contributed by atoms with van der Waals surface area (Å²) in [5, 5.41) is -0.874. The summed E-state index contributed by atoms with van der Waals surface area (Å²) in [6.07, 6.45) is 0. The van der Waals surface area contributed by atoms with Crippen LogP contribution in [0.4, 0.5) is 8.78 Å². The second kappa shape index (κ2) is 5.22. The van der Waals surface area contributed by atoms with Gasteiger partial charge in [0.15, 0.2) is 0 Å². The molecule has 0 N–H and O–H groups in total. The van der Waals surface area contributed by atoms with Crippen molar-refractivity contribution in [1.82, 2.24) is 0 Å². The van der Waals surface area contributed by atoms with Crippen LogP contribution in [-0.4, -0.2) is 0 Å². The Labute approximate surface area is 119 Å². The number of hydrogen-bond acceptors (Lipinski definition) is 1. The molecule has 6 heteroatoms. The molecule has 1 aromatic carbocycles. The van der Waals surface area contributed by atoms with E-state index in [1.54, 1.807) is 12.1 Å². The SMILES string of the molecule is Fc1cc(Br)cc(F)c1C(Cl)c1ccc(Cl)s1. The molecule has 0 saturated carbocycles. The Hall–Kier alpha value is -0.160. The molecule has 17 heavy (non-hydrogen) atoms. The fourth-order valence-electron chi connectivity index (χ4n) is 1.40. The van der Waals surface area contributed by atoms with E-state index in [-0.39, 0.29) is 5.56 Å². The average molecular weight is 358 g/mol. The molecule has 90 valence electrons. The van der Waals surface area contributed by atoms with E-state index in [1.807, 2.05) is 0 Å². The predicted octanol–water partition coefficient (Wildman–Crippen LogP) is 5.77. The molecule has 0 spiro atoms. The minimum absolute atomic E-state index is 0.159. The molecule has 1 unspecified atom stereocenters. The number of benzene rings is 1. The summed E-state index contributed by atoms with van der Waals surface area (Å²) in [6, 6.07) is 5.67. The summed E-state index contributed by atoms with van der Waals surface area (Å²) in [4.78, 5) is 0.608. The summed E-state index contributed by atoms with van der Waals surface area (Å²) in [7, 11) is 0. The molecule has 1 atom stereocenters. The largest absolute Gasteiger partial charge is 0.206 e. The molecular formula is C11H5BrCl2F2S. The Morgan fingerprint density at radius 2 is 1.76 bits per heavy atom. The molecule has 0 fully saturated rings. The summed E-state index contributed by atoms with van der Waals surface area (Å²) in [6.45, 7) is 0. The highest BCUT2D eigenvalue weighted by Gasteiger charge is 2.21. The van der Waals surface area contributed by atoms with Crippen LogP contribution in [-0.2, 0) is 0 Å². The highest BCUT2D eigenvalue weighted by Crippen LogP contribution is 2.38. The van der Waals surface area contributed by atoms with Crippen LogP contribution < -0.4 is 0 Å². The lowest BCUT2D eigenvalue weighted by Gasteiger charge is -2.10. The maximum absolute atomic E-state index is 13.7. The average Bonchev–Trinajstić information content (AvgIpc) is 2.63. The first-order valence-electron chi connectivity index (χ1n) is 4.53. The van der Waals surface area contributed by atoms with Gasteiger partial charge in [0.1, 0.15) is 11.6 Å². The molecule has 0 aliphatic heterocycles. The van der Waals surface area contributed by atoms with Crippen LogP contribution in [0.3, 0.4) is 0 Å². The minimum Gasteiger partial charge on any atom is -0.206 e. The second-order valence-corrected chi connectivity index (χ2v) is 6.39. The molecular weight excluding hydrogens is 353 g/mol. The first-order valence-corrected chi connectivity index (χ1v) is 6.95. The third-order valence-corrected chi connectivity index (χ3v) is 4.48. The maximum Gasteiger partial charge on any atom is 0.132 e. The van der Waals surface area contributed by atoms with Crippen molar-refractivity contribution in [3.8, 4) is 0 Å². The molecule has 2 aromatic rings. The highest BCUT2D eigenvalue weighted by molar-refractivity contribution is 9.10. The van der Waals surface area contributed by atoms with Gasteiger partial charge < -0.3 is 0 Å². The molecule has 0 nitrogen and oxygen atoms in total. The molecule has 2 rings (SSSR count). The first-order chi connectivity index (χ1) is 7.99. The van der Waals surface area contributed by atoms with Gasteiger partial charge in [-0.15, -0.1) is 22.9 Å². The van der Waals surface area contributed by atoms with Crippen LogP contribution in [0.1, 0.15) is 15.8 Å². The Bertz CT molecular complexity index is 533. The fourth-order valence-corrected chi connectivity index (χ4v) is 3.27. The zero-order valence-electron chi connectivity index (χ0n) is 8.18. The molecule has 1 heterocycles. The zero-order chi connectivity index (χ0) is 12.6. The van der Waals surface area contributed by atoms with Crippen LogP contribution >= 0.6 is 50.5 Å². The summed E-state index contributed by atoms with van der Waals surface area (Å²) in [5.41, 5.74) is -0.159. The monoisotopic (exact) mass is 356 g/mol. The Morgan fingerprint density at radius 3 is 2.24 bits per heavy atom. The van der Waals surface area contributed by atoms with E-state index in [1.165, 1.54) is 23.5 Å². The maximum atomic E-state index is 13.7. The van der Waals surface area contributed by atoms with Crippen LogP contribution in [0.5, 0.6) is 0 Å². The molecule has 0 bridgehead atoms. The van der Waals surface area contributed by atoms with E-state index in [4.69, 9.17) is 23.2 Å². The summed E-state index contributed by atoms with van der Waals surface area (Å²) in [5.74, 6) is -1.36. The van der Waals surface area contributed by atoms with E-state index < -0.39 is 17.0 Å². The number of halogens is 5. The van der Waals surface area contributed by atoms with Crippen molar-refractivity contribution >= 4 is 50.5 Å². The quantitative estimate of drug-likeness (QED) is 0.598. The second-order valence-electron chi connectivity index (χ2n) is 3.29. The summed E-state index contributed by atoms with van der Waals surface area (Å²) < 4.78 is 28.2. The zero-order valence-corrected chi connectivity index (χ0v) is 12.1. The van der Waals surface area contributed by atoms with Gasteiger partial charge in [-0.1, -0.05) is 27.5 Å². The van der Waals surface area contributed by atoms with Gasteiger partial charge in [0.2, 0.25) is 0 Å².